The first-order valence-electron chi connectivity index (χ1n) is 12.2. The monoisotopic (exact) mass is 537 g/mol. The second-order valence-electron chi connectivity index (χ2n) is 9.04. The van der Waals surface area contributed by atoms with Crippen LogP contribution in [0, 0.1) is 5.82 Å². The Kier molecular flexibility index (Phi) is 6.17. The van der Waals surface area contributed by atoms with Crippen LogP contribution in [0.2, 0.25) is 5.02 Å². The molecule has 0 saturated carbocycles. The molecule has 0 bridgehead atoms. The molecule has 0 amide bonds. The zero-order valence-corrected chi connectivity index (χ0v) is 21.4. The predicted molar refractivity (Wildman–Crippen MR) is 152 cm³/mol. The lowest BCUT2D eigenvalue weighted by Gasteiger charge is -2.24. The van der Waals surface area contributed by atoms with Gasteiger partial charge in [0.1, 0.15) is 29.0 Å². The van der Waals surface area contributed by atoms with Crippen molar-refractivity contribution in [2.75, 3.05) is 5.32 Å². The first kappa shape index (κ1) is 24.5. The molecule has 0 spiro atoms. The number of H-pyrrole nitrogens is 1. The molecule has 3 aromatic carbocycles. The molecule has 0 aliphatic carbocycles. The highest BCUT2D eigenvalue weighted by Crippen LogP contribution is 2.37. The highest BCUT2D eigenvalue weighted by atomic mass is 35.5. The van der Waals surface area contributed by atoms with Gasteiger partial charge in [-0.1, -0.05) is 66.2 Å². The van der Waals surface area contributed by atoms with Crippen LogP contribution in [0.3, 0.4) is 0 Å². The Bertz CT molecular complexity index is 1980. The smallest absolute Gasteiger partial charge is 0.263 e. The number of para-hydroxylation sites is 1. The molecular formula is C30H21ClFN5O2. The predicted octanol–water partition coefficient (Wildman–Crippen LogP) is 6.25. The average Bonchev–Trinajstić information content (AvgIpc) is 2.95. The van der Waals surface area contributed by atoms with Crippen molar-refractivity contribution < 1.29 is 4.39 Å². The zero-order valence-electron chi connectivity index (χ0n) is 20.7. The number of hydrogen-bond donors (Lipinski definition) is 2. The molecular weight excluding hydrogens is 517 g/mol. The van der Waals surface area contributed by atoms with Crippen LogP contribution in [0.1, 0.15) is 18.7 Å². The number of nitrogens with zero attached hydrogens (tertiary/aromatic N) is 3. The van der Waals surface area contributed by atoms with Gasteiger partial charge in [0.05, 0.1) is 22.1 Å². The number of nitrogens with one attached hydrogen (secondary N) is 2. The minimum atomic E-state index is -0.579. The van der Waals surface area contributed by atoms with E-state index in [-0.39, 0.29) is 11.0 Å². The first-order chi connectivity index (χ1) is 19.0. The van der Waals surface area contributed by atoms with Gasteiger partial charge in [-0.05, 0) is 30.7 Å². The molecule has 3 aromatic heterocycles. The van der Waals surface area contributed by atoms with Gasteiger partial charge in [0.2, 0.25) is 0 Å². The van der Waals surface area contributed by atoms with Gasteiger partial charge in [-0.25, -0.2) is 14.4 Å². The van der Waals surface area contributed by atoms with Crippen molar-refractivity contribution in [2.45, 2.75) is 13.0 Å². The van der Waals surface area contributed by atoms with Crippen LogP contribution in [0.4, 0.5) is 10.2 Å². The molecule has 0 aliphatic heterocycles. The van der Waals surface area contributed by atoms with Gasteiger partial charge in [0, 0.05) is 28.9 Å². The largest absolute Gasteiger partial charge is 0.361 e. The second kappa shape index (κ2) is 9.81. The van der Waals surface area contributed by atoms with E-state index in [0.717, 1.165) is 0 Å². The van der Waals surface area contributed by atoms with Gasteiger partial charge in [-0.15, -0.1) is 0 Å². The lowest BCUT2D eigenvalue weighted by atomic mass is 9.97. The van der Waals surface area contributed by atoms with Crippen molar-refractivity contribution in [1.82, 2.24) is 19.5 Å². The number of benzene rings is 3. The molecule has 0 aliphatic rings. The third-order valence-electron chi connectivity index (χ3n) is 6.67. The third-order valence-corrected chi connectivity index (χ3v) is 7.07. The van der Waals surface area contributed by atoms with Gasteiger partial charge in [-0.3, -0.25) is 14.2 Å². The van der Waals surface area contributed by atoms with Crippen LogP contribution in [0.5, 0.6) is 0 Å². The van der Waals surface area contributed by atoms with Crippen molar-refractivity contribution in [1.29, 1.82) is 0 Å². The maximum absolute atomic E-state index is 14.9. The SMILES string of the molecule is C[C@H](Nc1ncnc2[nH]ccc(=O)c12)c1c(Cl)c2cccc(-c3ccccc3F)c2c(=O)n1-c1ccccc1. The third kappa shape index (κ3) is 4.15. The van der Waals surface area contributed by atoms with Crippen LogP contribution >= 0.6 is 11.6 Å². The van der Waals surface area contributed by atoms with E-state index >= 15 is 0 Å². The van der Waals surface area contributed by atoms with Gasteiger partial charge in [0.25, 0.3) is 5.56 Å². The highest BCUT2D eigenvalue weighted by Gasteiger charge is 2.24. The summed E-state index contributed by atoms with van der Waals surface area (Å²) in [5.41, 5.74) is 1.58. The number of fused-ring (bicyclic) bond motifs is 2. The fourth-order valence-corrected chi connectivity index (χ4v) is 5.34. The van der Waals surface area contributed by atoms with E-state index in [9.17, 15) is 14.0 Å². The van der Waals surface area contributed by atoms with E-state index in [0.29, 0.717) is 55.2 Å². The standard InChI is InChI=1S/C30H21ClFN5O2/c1-17(36-29-25-23(38)14-15-33-28(25)34-16-35-29)27-26(31)21-12-7-11-20(19-10-5-6-13-22(19)32)24(21)30(39)37(27)18-8-3-2-4-9-18/h2-17H,1H3,(H2,33,34,35,36,38)/t17-/m0/s1. The van der Waals surface area contributed by atoms with Crippen molar-refractivity contribution in [3.05, 3.63) is 128 Å². The Hall–Kier alpha value is -4.82. The summed E-state index contributed by atoms with van der Waals surface area (Å²) in [7, 11) is 0. The Balaban J connectivity index is 1.63. The second-order valence-corrected chi connectivity index (χ2v) is 9.42. The van der Waals surface area contributed by atoms with Gasteiger partial charge >= 0.3 is 0 Å². The molecule has 0 unspecified atom stereocenters. The lowest BCUT2D eigenvalue weighted by molar-refractivity contribution is 0.631. The fraction of sp³-hybridized carbons (Fsp3) is 0.0667. The van der Waals surface area contributed by atoms with Crippen molar-refractivity contribution >= 4 is 39.2 Å². The summed E-state index contributed by atoms with van der Waals surface area (Å²) in [5.74, 6) is -0.135. The minimum Gasteiger partial charge on any atom is -0.361 e. The summed E-state index contributed by atoms with van der Waals surface area (Å²) in [5, 5.41) is 4.67. The van der Waals surface area contributed by atoms with Crippen molar-refractivity contribution in [3.8, 4) is 16.8 Å². The van der Waals surface area contributed by atoms with Gasteiger partial charge in [0.15, 0.2) is 5.43 Å². The summed E-state index contributed by atoms with van der Waals surface area (Å²) in [6, 6.07) is 21.5. The number of halogens is 2. The molecule has 0 saturated heterocycles. The zero-order chi connectivity index (χ0) is 27.1. The molecule has 1 atom stereocenters. The molecule has 3 heterocycles. The Morgan fingerprint density at radius 2 is 1.64 bits per heavy atom. The number of aromatic nitrogens is 4. The molecule has 0 fully saturated rings. The Morgan fingerprint density at radius 3 is 2.44 bits per heavy atom. The van der Waals surface area contributed by atoms with Crippen LogP contribution in [0.25, 0.3) is 38.6 Å². The van der Waals surface area contributed by atoms with E-state index in [1.165, 1.54) is 29.2 Å². The molecule has 9 heteroatoms. The molecule has 39 heavy (non-hydrogen) atoms. The molecule has 0 radical (unpaired) electrons. The molecule has 6 rings (SSSR count). The first-order valence-corrected chi connectivity index (χ1v) is 12.6. The number of rotatable bonds is 5. The summed E-state index contributed by atoms with van der Waals surface area (Å²) in [6.07, 6.45) is 2.87. The molecule has 6 aromatic rings. The van der Waals surface area contributed by atoms with E-state index in [1.807, 2.05) is 25.1 Å². The number of pyridine rings is 2. The maximum atomic E-state index is 14.9. The average molecular weight is 538 g/mol. The van der Waals surface area contributed by atoms with Gasteiger partial charge in [-0.2, -0.15) is 0 Å². The van der Waals surface area contributed by atoms with Crippen LogP contribution in [-0.4, -0.2) is 19.5 Å². The maximum Gasteiger partial charge on any atom is 0.263 e. The Labute approximate surface area is 226 Å². The number of aromatic amines is 1. The fourth-order valence-electron chi connectivity index (χ4n) is 4.94. The summed E-state index contributed by atoms with van der Waals surface area (Å²) in [6.45, 7) is 1.83. The quantitative estimate of drug-likeness (QED) is 0.271. The van der Waals surface area contributed by atoms with E-state index in [2.05, 4.69) is 20.3 Å². The Morgan fingerprint density at radius 1 is 0.897 bits per heavy atom. The lowest BCUT2D eigenvalue weighted by Crippen LogP contribution is -2.27. The van der Waals surface area contributed by atoms with Crippen LogP contribution in [0.15, 0.2) is 101 Å². The van der Waals surface area contributed by atoms with Crippen molar-refractivity contribution in [2.24, 2.45) is 0 Å². The number of anilines is 1. The highest BCUT2D eigenvalue weighted by molar-refractivity contribution is 6.36. The van der Waals surface area contributed by atoms with Crippen LogP contribution < -0.4 is 16.3 Å². The van der Waals surface area contributed by atoms with Gasteiger partial charge < -0.3 is 10.3 Å². The summed E-state index contributed by atoms with van der Waals surface area (Å²) < 4.78 is 16.4. The van der Waals surface area contributed by atoms with Crippen LogP contribution in [-0.2, 0) is 0 Å². The van der Waals surface area contributed by atoms with E-state index in [4.69, 9.17) is 11.6 Å². The molecule has 2 N–H and O–H groups in total. The topological polar surface area (TPSA) is 92.7 Å². The normalized spacial score (nSPS) is 12.1. The minimum absolute atomic E-state index is 0.251. The van der Waals surface area contributed by atoms with Crippen molar-refractivity contribution in [3.63, 3.8) is 0 Å². The molecule has 192 valence electrons. The molecule has 7 nitrogen and oxygen atoms in total. The van der Waals surface area contributed by atoms with E-state index < -0.39 is 11.9 Å². The number of hydrogen-bond acceptors (Lipinski definition) is 5. The van der Waals surface area contributed by atoms with E-state index in [1.54, 1.807) is 48.5 Å². The summed E-state index contributed by atoms with van der Waals surface area (Å²) >= 11 is 7.08. The summed E-state index contributed by atoms with van der Waals surface area (Å²) in [4.78, 5) is 38.4.